The van der Waals surface area contributed by atoms with Gasteiger partial charge in [-0.15, -0.1) is 0 Å². The minimum Gasteiger partial charge on any atom is -0.508 e. The van der Waals surface area contributed by atoms with Crippen molar-refractivity contribution in [3.63, 3.8) is 0 Å². The molecule has 0 spiro atoms. The van der Waals surface area contributed by atoms with E-state index in [0.717, 1.165) is 11.1 Å². The molecule has 8 nitrogen and oxygen atoms in total. The number of benzene rings is 3. The van der Waals surface area contributed by atoms with E-state index in [2.05, 4.69) is 10.6 Å². The number of carbonyl (C=O) groups is 3. The van der Waals surface area contributed by atoms with Crippen molar-refractivity contribution in [2.45, 2.75) is 84.0 Å². The summed E-state index contributed by atoms with van der Waals surface area (Å²) in [4.78, 5) is 41.7. The van der Waals surface area contributed by atoms with Crippen LogP contribution >= 0.6 is 0 Å². The average molecular weight is 588 g/mol. The zero-order valence-electron chi connectivity index (χ0n) is 25.8. The molecule has 0 saturated carbocycles. The molecule has 43 heavy (non-hydrogen) atoms. The SMILES string of the molecule is CCC(=O)N(CCC(O)C(Cc1ccccc1)NC(=O)c1cccc(O)c1C)C(Cc1ccccc1)C(=O)NC(C)(C)C. The predicted molar refractivity (Wildman–Crippen MR) is 169 cm³/mol. The van der Waals surface area contributed by atoms with Crippen LogP contribution in [0.3, 0.4) is 0 Å². The highest BCUT2D eigenvalue weighted by Crippen LogP contribution is 2.21. The van der Waals surface area contributed by atoms with E-state index in [4.69, 9.17) is 0 Å². The Labute approximate surface area is 255 Å². The van der Waals surface area contributed by atoms with Gasteiger partial charge in [0.25, 0.3) is 5.91 Å². The van der Waals surface area contributed by atoms with Gasteiger partial charge in [0.05, 0.1) is 12.1 Å². The molecular weight excluding hydrogens is 542 g/mol. The number of nitrogens with one attached hydrogen (secondary N) is 2. The van der Waals surface area contributed by atoms with Crippen molar-refractivity contribution in [2.24, 2.45) is 0 Å². The zero-order chi connectivity index (χ0) is 31.6. The molecule has 3 atom stereocenters. The Morgan fingerprint density at radius 1 is 0.860 bits per heavy atom. The van der Waals surface area contributed by atoms with Crippen molar-refractivity contribution in [3.8, 4) is 5.75 Å². The van der Waals surface area contributed by atoms with Crippen molar-refractivity contribution in [1.82, 2.24) is 15.5 Å². The Balaban J connectivity index is 1.87. The maximum atomic E-state index is 13.6. The number of aliphatic hydroxyl groups excluding tert-OH is 1. The molecule has 0 heterocycles. The fourth-order valence-corrected chi connectivity index (χ4v) is 5.03. The van der Waals surface area contributed by atoms with Gasteiger partial charge in [-0.05, 0) is 63.8 Å². The summed E-state index contributed by atoms with van der Waals surface area (Å²) < 4.78 is 0. The van der Waals surface area contributed by atoms with E-state index in [1.165, 1.54) is 6.07 Å². The number of carbonyl (C=O) groups excluding carboxylic acids is 3. The molecule has 0 saturated heterocycles. The van der Waals surface area contributed by atoms with Crippen LogP contribution in [0, 0.1) is 6.92 Å². The van der Waals surface area contributed by atoms with Gasteiger partial charge in [-0.3, -0.25) is 14.4 Å². The van der Waals surface area contributed by atoms with Gasteiger partial charge < -0.3 is 25.7 Å². The Hall–Kier alpha value is -4.17. The molecule has 0 radical (unpaired) electrons. The third-order valence-electron chi connectivity index (χ3n) is 7.37. The topological polar surface area (TPSA) is 119 Å². The summed E-state index contributed by atoms with van der Waals surface area (Å²) in [6.45, 7) is 9.22. The van der Waals surface area contributed by atoms with E-state index in [9.17, 15) is 24.6 Å². The lowest BCUT2D eigenvalue weighted by atomic mass is 9.97. The number of amides is 3. The summed E-state index contributed by atoms with van der Waals surface area (Å²) in [7, 11) is 0. The summed E-state index contributed by atoms with van der Waals surface area (Å²) in [6.07, 6.45) is -0.0181. The van der Waals surface area contributed by atoms with E-state index < -0.39 is 29.6 Å². The quantitative estimate of drug-likeness (QED) is 0.234. The van der Waals surface area contributed by atoms with Crippen LogP contribution in [0.4, 0.5) is 0 Å². The first kappa shape index (κ1) is 33.3. The zero-order valence-corrected chi connectivity index (χ0v) is 25.8. The largest absolute Gasteiger partial charge is 0.508 e. The summed E-state index contributed by atoms with van der Waals surface area (Å²) in [5.41, 5.74) is 2.10. The molecule has 0 aliphatic rings. The van der Waals surface area contributed by atoms with E-state index >= 15 is 0 Å². The Kier molecular flexibility index (Phi) is 11.9. The molecule has 3 aromatic carbocycles. The first-order chi connectivity index (χ1) is 20.4. The fourth-order valence-electron chi connectivity index (χ4n) is 5.03. The van der Waals surface area contributed by atoms with Crippen molar-refractivity contribution >= 4 is 17.7 Å². The van der Waals surface area contributed by atoms with Crippen LogP contribution in [0.1, 0.15) is 67.6 Å². The second-order valence-electron chi connectivity index (χ2n) is 12.0. The molecule has 3 rings (SSSR count). The Morgan fingerprint density at radius 3 is 2.00 bits per heavy atom. The minimum atomic E-state index is -1.03. The second kappa shape index (κ2) is 15.3. The summed E-state index contributed by atoms with van der Waals surface area (Å²) in [5, 5.41) is 27.6. The highest BCUT2D eigenvalue weighted by Gasteiger charge is 2.33. The molecule has 3 aromatic rings. The van der Waals surface area contributed by atoms with Crippen molar-refractivity contribution in [3.05, 3.63) is 101 Å². The van der Waals surface area contributed by atoms with E-state index in [0.29, 0.717) is 24.0 Å². The van der Waals surface area contributed by atoms with Gasteiger partial charge in [0.15, 0.2) is 0 Å². The van der Waals surface area contributed by atoms with Gasteiger partial charge >= 0.3 is 0 Å². The molecule has 0 aliphatic heterocycles. The maximum absolute atomic E-state index is 13.6. The molecule has 0 bridgehead atoms. The van der Waals surface area contributed by atoms with Crippen LogP contribution in [0.25, 0.3) is 0 Å². The molecule has 230 valence electrons. The normalized spacial score (nSPS) is 13.4. The first-order valence-corrected chi connectivity index (χ1v) is 14.9. The van der Waals surface area contributed by atoms with Gasteiger partial charge in [-0.2, -0.15) is 0 Å². The highest BCUT2D eigenvalue weighted by molar-refractivity contribution is 5.96. The minimum absolute atomic E-state index is 0.0134. The number of hydrogen-bond acceptors (Lipinski definition) is 5. The van der Waals surface area contributed by atoms with Crippen LogP contribution in [0.15, 0.2) is 78.9 Å². The Bertz CT molecular complexity index is 1350. The molecule has 3 amide bonds. The first-order valence-electron chi connectivity index (χ1n) is 14.9. The third kappa shape index (κ3) is 9.96. The second-order valence-corrected chi connectivity index (χ2v) is 12.0. The lowest BCUT2D eigenvalue weighted by Crippen LogP contribution is -2.55. The average Bonchev–Trinajstić information content (AvgIpc) is 2.97. The van der Waals surface area contributed by atoms with Crippen molar-refractivity contribution in [1.29, 1.82) is 0 Å². The van der Waals surface area contributed by atoms with Crippen LogP contribution in [0.2, 0.25) is 0 Å². The smallest absolute Gasteiger partial charge is 0.252 e. The molecule has 3 unspecified atom stereocenters. The van der Waals surface area contributed by atoms with Crippen molar-refractivity contribution < 1.29 is 24.6 Å². The number of rotatable bonds is 13. The lowest BCUT2D eigenvalue weighted by Gasteiger charge is -2.35. The number of aromatic hydroxyl groups is 1. The monoisotopic (exact) mass is 587 g/mol. The van der Waals surface area contributed by atoms with E-state index in [1.807, 2.05) is 81.4 Å². The fraction of sp³-hybridized carbons (Fsp3) is 0.400. The van der Waals surface area contributed by atoms with Gasteiger partial charge in [0.1, 0.15) is 11.8 Å². The molecule has 8 heteroatoms. The molecule has 4 N–H and O–H groups in total. The van der Waals surface area contributed by atoms with E-state index in [-0.39, 0.29) is 37.0 Å². The van der Waals surface area contributed by atoms with Crippen LogP contribution < -0.4 is 10.6 Å². The number of hydrogen-bond donors (Lipinski definition) is 4. The third-order valence-corrected chi connectivity index (χ3v) is 7.37. The summed E-state index contributed by atoms with van der Waals surface area (Å²) >= 11 is 0. The molecular formula is C35H45N3O5. The van der Waals surface area contributed by atoms with Crippen LogP contribution in [-0.2, 0) is 22.4 Å². The van der Waals surface area contributed by atoms with Gasteiger partial charge in [0.2, 0.25) is 11.8 Å². The van der Waals surface area contributed by atoms with Gasteiger partial charge in [-0.25, -0.2) is 0 Å². The van der Waals surface area contributed by atoms with E-state index in [1.54, 1.807) is 30.9 Å². The highest BCUT2D eigenvalue weighted by atomic mass is 16.3. The number of nitrogens with zero attached hydrogens (tertiary/aromatic N) is 1. The lowest BCUT2D eigenvalue weighted by molar-refractivity contribution is -0.141. The summed E-state index contributed by atoms with van der Waals surface area (Å²) in [5.74, 6) is -0.863. The summed E-state index contributed by atoms with van der Waals surface area (Å²) in [6, 6.07) is 22.3. The number of phenols is 1. The van der Waals surface area contributed by atoms with Gasteiger partial charge in [0, 0.05) is 36.1 Å². The van der Waals surface area contributed by atoms with Crippen LogP contribution in [0.5, 0.6) is 5.75 Å². The number of phenolic OH excluding ortho intramolecular Hbond substituents is 1. The Morgan fingerprint density at radius 2 is 1.44 bits per heavy atom. The predicted octanol–water partition coefficient (Wildman–Crippen LogP) is 4.56. The number of aliphatic hydroxyl groups is 1. The standard InChI is InChI=1S/C35H45N3O5/c1-6-32(41)38(29(34(43)37-35(3,4)5)23-26-16-11-8-12-17-26)21-20-31(40)28(22-25-14-9-7-10-15-25)36-33(42)27-18-13-19-30(39)24(27)2/h7-19,28-29,31,39-40H,6,20-23H2,1-5H3,(H,36,42)(H,37,43). The van der Waals surface area contributed by atoms with Crippen LogP contribution in [-0.4, -0.2) is 63.1 Å². The maximum Gasteiger partial charge on any atom is 0.252 e. The molecule has 0 aliphatic carbocycles. The molecule has 0 fully saturated rings. The molecule has 0 aromatic heterocycles. The van der Waals surface area contributed by atoms with Crippen molar-refractivity contribution in [2.75, 3.05) is 6.54 Å². The van der Waals surface area contributed by atoms with Gasteiger partial charge in [-0.1, -0.05) is 73.7 Å².